The van der Waals surface area contributed by atoms with Crippen LogP contribution in [0.4, 0.5) is 17.6 Å². The minimum absolute atomic E-state index is 0.256. The van der Waals surface area contributed by atoms with Crippen molar-refractivity contribution in [1.82, 2.24) is 0 Å². The van der Waals surface area contributed by atoms with Crippen LogP contribution >= 0.6 is 0 Å². The van der Waals surface area contributed by atoms with Crippen molar-refractivity contribution in [1.29, 1.82) is 0 Å². The summed E-state index contributed by atoms with van der Waals surface area (Å²) in [6, 6.07) is 2.52. The summed E-state index contributed by atoms with van der Waals surface area (Å²) in [6.07, 6.45) is -5.75. The van der Waals surface area contributed by atoms with Crippen LogP contribution in [0.3, 0.4) is 0 Å². The Morgan fingerprint density at radius 3 is 2.52 bits per heavy atom. The first-order valence-electron chi connectivity index (χ1n) is 6.52. The van der Waals surface area contributed by atoms with Crippen LogP contribution < -0.4 is 0 Å². The zero-order chi connectivity index (χ0) is 16.0. The van der Waals surface area contributed by atoms with E-state index in [4.69, 9.17) is 5.11 Å². The molecule has 0 saturated heterocycles. The second kappa shape index (κ2) is 7.28. The largest absolute Gasteiger partial charge is 0.508 e. The highest BCUT2D eigenvalue weighted by Gasteiger charge is 2.42. The first-order valence-corrected chi connectivity index (χ1v) is 6.52. The number of phenols is 1. The molecule has 0 heterocycles. The van der Waals surface area contributed by atoms with Crippen LogP contribution in [0.25, 0.3) is 0 Å². The summed E-state index contributed by atoms with van der Waals surface area (Å²) in [5.74, 6) is -2.96. The molecule has 0 fully saturated rings. The number of carbonyl (C=O) groups excluding carboxylic acids is 1. The lowest BCUT2D eigenvalue weighted by Gasteiger charge is -2.20. The van der Waals surface area contributed by atoms with Crippen LogP contribution in [-0.2, 0) is 4.74 Å². The second-order valence-electron chi connectivity index (χ2n) is 4.60. The summed E-state index contributed by atoms with van der Waals surface area (Å²) in [7, 11) is 0. The van der Waals surface area contributed by atoms with Crippen LogP contribution in [0, 0.1) is 5.82 Å². The average Bonchev–Trinajstić information content (AvgIpc) is 2.36. The summed E-state index contributed by atoms with van der Waals surface area (Å²) in [6.45, 7) is 1.83. The molecule has 1 unspecified atom stereocenters. The quantitative estimate of drug-likeness (QED) is 0.487. The Morgan fingerprint density at radius 2 is 2.00 bits per heavy atom. The predicted octanol–water partition coefficient (Wildman–Crippen LogP) is 4.20. The van der Waals surface area contributed by atoms with Gasteiger partial charge in [-0.15, -0.1) is 0 Å². The lowest BCUT2D eigenvalue weighted by atomic mass is 10.1. The molecule has 0 radical (unpaired) electrons. The van der Waals surface area contributed by atoms with E-state index in [1.54, 1.807) is 0 Å². The molecule has 1 rings (SSSR count). The molecule has 1 atom stereocenters. The smallest absolute Gasteiger partial charge is 0.425 e. The molecule has 1 aromatic carbocycles. The normalized spacial score (nSPS) is 13.0. The summed E-state index contributed by atoms with van der Waals surface area (Å²) >= 11 is 0. The molecule has 0 aliphatic heterocycles. The van der Waals surface area contributed by atoms with E-state index in [1.165, 1.54) is 0 Å². The number of halogens is 4. The standard InChI is InChI=1S/C14H16F4O3/c1-2-3-4-5-12(14(16,17)18)21-13(20)10-7-6-9(19)8-11(10)15/h6-8,12,19H,2-5H2,1H3. The Bertz CT molecular complexity index is 486. The molecule has 118 valence electrons. The van der Waals surface area contributed by atoms with E-state index in [2.05, 4.69) is 4.74 Å². The Balaban J connectivity index is 2.80. The molecule has 0 spiro atoms. The molecule has 3 nitrogen and oxygen atoms in total. The summed E-state index contributed by atoms with van der Waals surface area (Å²) in [4.78, 5) is 11.6. The van der Waals surface area contributed by atoms with Crippen molar-refractivity contribution in [3.05, 3.63) is 29.6 Å². The molecular formula is C14H16F4O3. The van der Waals surface area contributed by atoms with Crippen LogP contribution in [0.15, 0.2) is 18.2 Å². The van der Waals surface area contributed by atoms with Gasteiger partial charge in [0, 0.05) is 6.07 Å². The van der Waals surface area contributed by atoms with Gasteiger partial charge in [-0.25, -0.2) is 9.18 Å². The first-order chi connectivity index (χ1) is 9.75. The van der Waals surface area contributed by atoms with Gasteiger partial charge in [-0.1, -0.05) is 19.8 Å². The van der Waals surface area contributed by atoms with Gasteiger partial charge in [-0.3, -0.25) is 0 Å². The fraction of sp³-hybridized carbons (Fsp3) is 0.500. The summed E-state index contributed by atoms with van der Waals surface area (Å²) < 4.78 is 56.1. The van der Waals surface area contributed by atoms with Gasteiger partial charge in [0.25, 0.3) is 0 Å². The predicted molar refractivity (Wildman–Crippen MR) is 67.5 cm³/mol. The molecule has 21 heavy (non-hydrogen) atoms. The molecular weight excluding hydrogens is 292 g/mol. The van der Waals surface area contributed by atoms with E-state index >= 15 is 0 Å². The van der Waals surface area contributed by atoms with Crippen molar-refractivity contribution in [2.75, 3.05) is 0 Å². The van der Waals surface area contributed by atoms with Crippen molar-refractivity contribution in [3.8, 4) is 5.75 Å². The highest BCUT2D eigenvalue weighted by molar-refractivity contribution is 5.90. The number of hydrogen-bond donors (Lipinski definition) is 1. The van der Waals surface area contributed by atoms with Gasteiger partial charge in [0.05, 0.1) is 5.56 Å². The van der Waals surface area contributed by atoms with Crippen molar-refractivity contribution >= 4 is 5.97 Å². The van der Waals surface area contributed by atoms with Crippen LogP contribution in [0.2, 0.25) is 0 Å². The maximum absolute atomic E-state index is 13.4. The molecule has 1 N–H and O–H groups in total. The van der Waals surface area contributed by atoms with Gasteiger partial charge in [0.1, 0.15) is 11.6 Å². The molecule has 1 aromatic rings. The number of carbonyl (C=O) groups is 1. The molecule has 0 bridgehead atoms. The number of rotatable bonds is 6. The average molecular weight is 308 g/mol. The highest BCUT2D eigenvalue weighted by Crippen LogP contribution is 2.28. The third-order valence-electron chi connectivity index (χ3n) is 2.86. The Kier molecular flexibility index (Phi) is 5.99. The second-order valence-corrected chi connectivity index (χ2v) is 4.60. The zero-order valence-corrected chi connectivity index (χ0v) is 11.4. The Morgan fingerprint density at radius 1 is 1.33 bits per heavy atom. The fourth-order valence-electron chi connectivity index (χ4n) is 1.73. The monoisotopic (exact) mass is 308 g/mol. The van der Waals surface area contributed by atoms with Crippen LogP contribution in [0.5, 0.6) is 5.75 Å². The van der Waals surface area contributed by atoms with Gasteiger partial charge in [0.15, 0.2) is 6.10 Å². The minimum atomic E-state index is -4.70. The number of phenolic OH excluding ortho intramolecular Hbond substituents is 1. The lowest BCUT2D eigenvalue weighted by molar-refractivity contribution is -0.206. The van der Waals surface area contributed by atoms with E-state index in [0.717, 1.165) is 18.6 Å². The molecule has 0 aliphatic rings. The number of benzene rings is 1. The minimum Gasteiger partial charge on any atom is -0.508 e. The molecule has 0 aromatic heterocycles. The first kappa shape index (κ1) is 17.3. The SMILES string of the molecule is CCCCCC(OC(=O)c1ccc(O)cc1F)C(F)(F)F. The van der Waals surface area contributed by atoms with Gasteiger partial charge < -0.3 is 9.84 Å². The molecule has 0 aliphatic carbocycles. The number of alkyl halides is 3. The van der Waals surface area contributed by atoms with E-state index in [-0.39, 0.29) is 12.8 Å². The van der Waals surface area contributed by atoms with Crippen molar-refractivity contribution in [2.45, 2.75) is 44.9 Å². The maximum atomic E-state index is 13.4. The highest BCUT2D eigenvalue weighted by atomic mass is 19.4. The fourth-order valence-corrected chi connectivity index (χ4v) is 1.73. The zero-order valence-electron chi connectivity index (χ0n) is 11.4. The number of aromatic hydroxyl groups is 1. The van der Waals surface area contributed by atoms with Crippen LogP contribution in [-0.4, -0.2) is 23.4 Å². The van der Waals surface area contributed by atoms with Crippen molar-refractivity contribution < 1.29 is 32.2 Å². The van der Waals surface area contributed by atoms with Crippen molar-refractivity contribution in [2.24, 2.45) is 0 Å². The van der Waals surface area contributed by atoms with E-state index in [1.807, 2.05) is 6.92 Å². The summed E-state index contributed by atoms with van der Waals surface area (Å²) in [5.41, 5.74) is -0.641. The number of unbranched alkanes of at least 4 members (excludes halogenated alkanes) is 2. The molecule has 0 amide bonds. The van der Waals surface area contributed by atoms with E-state index < -0.39 is 35.4 Å². The maximum Gasteiger partial charge on any atom is 0.425 e. The number of hydrogen-bond acceptors (Lipinski definition) is 3. The third kappa shape index (κ3) is 5.24. The lowest BCUT2D eigenvalue weighted by Crippen LogP contribution is -2.34. The number of ether oxygens (including phenoxy) is 1. The number of esters is 1. The van der Waals surface area contributed by atoms with Gasteiger partial charge in [-0.05, 0) is 25.0 Å². The summed E-state index contributed by atoms with van der Waals surface area (Å²) in [5, 5.41) is 9.00. The van der Waals surface area contributed by atoms with E-state index in [0.29, 0.717) is 12.5 Å². The van der Waals surface area contributed by atoms with Crippen LogP contribution in [0.1, 0.15) is 43.0 Å². The van der Waals surface area contributed by atoms with Gasteiger partial charge >= 0.3 is 12.1 Å². The Labute approximate surface area is 119 Å². The Hall–Kier alpha value is -1.79. The topological polar surface area (TPSA) is 46.5 Å². The van der Waals surface area contributed by atoms with Crippen molar-refractivity contribution in [3.63, 3.8) is 0 Å². The third-order valence-corrected chi connectivity index (χ3v) is 2.86. The molecule has 0 saturated carbocycles. The van der Waals surface area contributed by atoms with E-state index in [9.17, 15) is 22.4 Å². The van der Waals surface area contributed by atoms with Gasteiger partial charge in [0.2, 0.25) is 0 Å². The molecule has 7 heteroatoms. The van der Waals surface area contributed by atoms with Gasteiger partial charge in [-0.2, -0.15) is 13.2 Å².